The SMILES string of the molecule is CC(C)CCCCCCNC(=O)[C@H]1CCCC1C1CCCC1. The molecule has 0 spiro atoms. The molecule has 0 radical (unpaired) electrons. The van der Waals surface area contributed by atoms with Gasteiger partial charge < -0.3 is 5.32 Å². The number of carbonyl (C=O) groups excluding carboxylic acids is 1. The van der Waals surface area contributed by atoms with Gasteiger partial charge in [0.05, 0.1) is 0 Å². The predicted octanol–water partition coefficient (Wildman–Crippen LogP) is 5.32. The van der Waals surface area contributed by atoms with Gasteiger partial charge in [0.15, 0.2) is 0 Å². The van der Waals surface area contributed by atoms with Crippen molar-refractivity contribution in [3.05, 3.63) is 0 Å². The molecule has 0 heterocycles. The van der Waals surface area contributed by atoms with Gasteiger partial charge in [0.2, 0.25) is 5.91 Å². The zero-order chi connectivity index (χ0) is 15.8. The van der Waals surface area contributed by atoms with Crippen LogP contribution in [0.5, 0.6) is 0 Å². The highest BCUT2D eigenvalue weighted by molar-refractivity contribution is 5.79. The van der Waals surface area contributed by atoms with Crippen molar-refractivity contribution in [2.24, 2.45) is 23.7 Å². The van der Waals surface area contributed by atoms with Gasteiger partial charge in [0.1, 0.15) is 0 Å². The Morgan fingerprint density at radius 3 is 2.41 bits per heavy atom. The first kappa shape index (κ1) is 17.8. The molecule has 2 aliphatic carbocycles. The van der Waals surface area contributed by atoms with Gasteiger partial charge in [-0.05, 0) is 37.0 Å². The second-order valence-electron chi connectivity index (χ2n) is 8.13. The highest BCUT2D eigenvalue weighted by atomic mass is 16.1. The summed E-state index contributed by atoms with van der Waals surface area (Å²) in [6.45, 7) is 5.49. The fourth-order valence-electron chi connectivity index (χ4n) is 4.64. The van der Waals surface area contributed by atoms with E-state index < -0.39 is 0 Å². The van der Waals surface area contributed by atoms with E-state index in [0.29, 0.717) is 17.7 Å². The smallest absolute Gasteiger partial charge is 0.223 e. The van der Waals surface area contributed by atoms with E-state index in [1.165, 1.54) is 64.2 Å². The van der Waals surface area contributed by atoms with E-state index in [0.717, 1.165) is 31.2 Å². The summed E-state index contributed by atoms with van der Waals surface area (Å²) >= 11 is 0. The van der Waals surface area contributed by atoms with Gasteiger partial charge >= 0.3 is 0 Å². The Morgan fingerprint density at radius 2 is 1.68 bits per heavy atom. The minimum absolute atomic E-state index is 0.337. The van der Waals surface area contributed by atoms with Gasteiger partial charge in [-0.25, -0.2) is 0 Å². The zero-order valence-electron chi connectivity index (χ0n) is 14.9. The summed E-state index contributed by atoms with van der Waals surface area (Å²) in [4.78, 5) is 12.5. The molecule has 2 aliphatic rings. The van der Waals surface area contributed by atoms with Gasteiger partial charge in [0, 0.05) is 12.5 Å². The molecule has 0 aromatic carbocycles. The number of amides is 1. The molecule has 1 unspecified atom stereocenters. The molecule has 0 aliphatic heterocycles. The van der Waals surface area contributed by atoms with Crippen LogP contribution in [0, 0.1) is 23.7 Å². The summed E-state index contributed by atoms with van der Waals surface area (Å²) in [5, 5.41) is 3.24. The Hall–Kier alpha value is -0.530. The Kier molecular flexibility index (Phi) is 7.75. The Balaban J connectivity index is 1.58. The second kappa shape index (κ2) is 9.57. The van der Waals surface area contributed by atoms with Crippen LogP contribution in [0.15, 0.2) is 0 Å². The quantitative estimate of drug-likeness (QED) is 0.574. The van der Waals surface area contributed by atoms with E-state index >= 15 is 0 Å². The third-order valence-electron chi connectivity index (χ3n) is 5.92. The molecule has 0 aromatic rings. The van der Waals surface area contributed by atoms with Crippen molar-refractivity contribution in [2.45, 2.75) is 90.9 Å². The summed E-state index contributed by atoms with van der Waals surface area (Å²) in [5.74, 6) is 3.10. The van der Waals surface area contributed by atoms with Gasteiger partial charge in [-0.3, -0.25) is 4.79 Å². The van der Waals surface area contributed by atoms with Crippen LogP contribution in [0.3, 0.4) is 0 Å². The Morgan fingerprint density at radius 1 is 0.955 bits per heavy atom. The summed E-state index contributed by atoms with van der Waals surface area (Å²) in [7, 11) is 0. The standard InChI is InChI=1S/C20H37NO/c1-16(2)10-5-3-4-8-15-21-20(22)19-14-9-13-18(19)17-11-6-7-12-17/h16-19H,3-15H2,1-2H3,(H,21,22)/t18?,19-/m0/s1. The van der Waals surface area contributed by atoms with Crippen LogP contribution in [0.25, 0.3) is 0 Å². The maximum atomic E-state index is 12.5. The molecule has 2 heteroatoms. The predicted molar refractivity (Wildman–Crippen MR) is 93.7 cm³/mol. The lowest BCUT2D eigenvalue weighted by Gasteiger charge is -2.24. The van der Waals surface area contributed by atoms with Crippen molar-refractivity contribution in [2.75, 3.05) is 6.54 Å². The van der Waals surface area contributed by atoms with E-state index in [4.69, 9.17) is 0 Å². The molecular weight excluding hydrogens is 270 g/mol. The summed E-state index contributed by atoms with van der Waals surface area (Å²) in [6, 6.07) is 0. The molecule has 0 saturated heterocycles. The average Bonchev–Trinajstić information content (AvgIpc) is 3.15. The monoisotopic (exact) mass is 307 g/mol. The van der Waals surface area contributed by atoms with Crippen LogP contribution in [0.1, 0.15) is 90.9 Å². The van der Waals surface area contributed by atoms with Crippen molar-refractivity contribution in [3.63, 3.8) is 0 Å². The minimum atomic E-state index is 0.337. The number of hydrogen-bond acceptors (Lipinski definition) is 1. The molecule has 22 heavy (non-hydrogen) atoms. The van der Waals surface area contributed by atoms with Gasteiger partial charge in [-0.2, -0.15) is 0 Å². The minimum Gasteiger partial charge on any atom is -0.356 e. The first-order valence-electron chi connectivity index (χ1n) is 9.96. The van der Waals surface area contributed by atoms with Crippen LogP contribution in [-0.4, -0.2) is 12.5 Å². The fourth-order valence-corrected chi connectivity index (χ4v) is 4.64. The number of rotatable bonds is 9. The fraction of sp³-hybridized carbons (Fsp3) is 0.950. The van der Waals surface area contributed by atoms with E-state index in [2.05, 4.69) is 19.2 Å². The highest BCUT2D eigenvalue weighted by Gasteiger charge is 2.38. The van der Waals surface area contributed by atoms with Crippen molar-refractivity contribution >= 4 is 5.91 Å². The van der Waals surface area contributed by atoms with Crippen molar-refractivity contribution in [3.8, 4) is 0 Å². The molecule has 1 N–H and O–H groups in total. The first-order valence-corrected chi connectivity index (χ1v) is 9.96. The third kappa shape index (κ3) is 5.59. The summed E-state index contributed by atoms with van der Waals surface area (Å²) < 4.78 is 0. The lowest BCUT2D eigenvalue weighted by Crippen LogP contribution is -2.35. The van der Waals surface area contributed by atoms with Crippen LogP contribution in [0.4, 0.5) is 0 Å². The van der Waals surface area contributed by atoms with E-state index in [1.54, 1.807) is 0 Å². The van der Waals surface area contributed by atoms with Crippen molar-refractivity contribution in [1.29, 1.82) is 0 Å². The molecular formula is C20H37NO. The molecule has 0 aromatic heterocycles. The normalized spacial score (nSPS) is 26.0. The molecule has 2 rings (SSSR count). The zero-order valence-corrected chi connectivity index (χ0v) is 14.9. The first-order chi connectivity index (χ1) is 10.7. The van der Waals surface area contributed by atoms with E-state index in [1.807, 2.05) is 0 Å². The third-order valence-corrected chi connectivity index (χ3v) is 5.92. The highest BCUT2D eigenvalue weighted by Crippen LogP contribution is 2.43. The summed E-state index contributed by atoms with van der Waals surface area (Å²) in [6.07, 6.45) is 15.7. The molecule has 128 valence electrons. The van der Waals surface area contributed by atoms with Gasteiger partial charge in [-0.15, -0.1) is 0 Å². The number of carbonyl (C=O) groups is 1. The molecule has 1 amide bonds. The largest absolute Gasteiger partial charge is 0.356 e. The maximum absolute atomic E-state index is 12.5. The number of nitrogens with one attached hydrogen (secondary N) is 1. The summed E-state index contributed by atoms with van der Waals surface area (Å²) in [5.41, 5.74) is 0. The van der Waals surface area contributed by atoms with E-state index in [-0.39, 0.29) is 0 Å². The van der Waals surface area contributed by atoms with Crippen molar-refractivity contribution in [1.82, 2.24) is 5.32 Å². The van der Waals surface area contributed by atoms with Gasteiger partial charge in [0.25, 0.3) is 0 Å². The molecule has 2 atom stereocenters. The van der Waals surface area contributed by atoms with Gasteiger partial charge in [-0.1, -0.05) is 71.6 Å². The molecule has 0 bridgehead atoms. The maximum Gasteiger partial charge on any atom is 0.223 e. The topological polar surface area (TPSA) is 29.1 Å². The lowest BCUT2D eigenvalue weighted by molar-refractivity contribution is -0.126. The van der Waals surface area contributed by atoms with Crippen LogP contribution >= 0.6 is 0 Å². The Bertz CT molecular complexity index is 320. The Labute approximate surface area is 137 Å². The van der Waals surface area contributed by atoms with E-state index in [9.17, 15) is 4.79 Å². The second-order valence-corrected chi connectivity index (χ2v) is 8.13. The molecule has 2 saturated carbocycles. The molecule has 2 fully saturated rings. The lowest BCUT2D eigenvalue weighted by atomic mass is 9.82. The average molecular weight is 308 g/mol. The van der Waals surface area contributed by atoms with Crippen LogP contribution < -0.4 is 5.32 Å². The molecule has 2 nitrogen and oxygen atoms in total. The van der Waals surface area contributed by atoms with Crippen LogP contribution in [0.2, 0.25) is 0 Å². The van der Waals surface area contributed by atoms with Crippen LogP contribution in [-0.2, 0) is 4.79 Å². The number of hydrogen-bond donors (Lipinski definition) is 1. The van der Waals surface area contributed by atoms with Crippen molar-refractivity contribution < 1.29 is 4.79 Å². The number of unbranched alkanes of at least 4 members (excludes halogenated alkanes) is 3.